The van der Waals surface area contributed by atoms with Gasteiger partial charge in [0.2, 0.25) is 11.8 Å². The van der Waals surface area contributed by atoms with E-state index in [4.69, 9.17) is 0 Å². The fourth-order valence-electron chi connectivity index (χ4n) is 4.42. The molecule has 2 aliphatic rings. The number of rotatable bonds is 3. The Morgan fingerprint density at radius 2 is 1.53 bits per heavy atom. The Hall–Kier alpha value is -2.87. The van der Waals surface area contributed by atoms with Crippen molar-refractivity contribution in [2.45, 2.75) is 36.8 Å². The van der Waals surface area contributed by atoms with Crippen LogP contribution in [0.4, 0.5) is 11.4 Å². The molecule has 8 heteroatoms. The second-order valence-electron chi connectivity index (χ2n) is 9.04. The summed E-state index contributed by atoms with van der Waals surface area (Å²) in [4.78, 5) is 31.7. The van der Waals surface area contributed by atoms with Crippen molar-refractivity contribution in [2.24, 2.45) is 0 Å². The number of aryl methyl sites for hydroxylation is 1. The van der Waals surface area contributed by atoms with Gasteiger partial charge in [0.05, 0.1) is 15.3 Å². The first kappa shape index (κ1) is 22.3. The SMILES string of the molecule is Cc1ccccc1N1CCN(C(=O)CN2C(=O)CC(C)(C)S(=O)(=O)c3ccccc32)CC1. The van der Waals surface area contributed by atoms with Crippen molar-refractivity contribution >= 4 is 33.0 Å². The van der Waals surface area contributed by atoms with E-state index in [2.05, 4.69) is 24.0 Å². The van der Waals surface area contributed by atoms with Crippen LogP contribution in [0, 0.1) is 6.92 Å². The van der Waals surface area contributed by atoms with Crippen LogP contribution in [0.25, 0.3) is 0 Å². The van der Waals surface area contributed by atoms with Crippen molar-refractivity contribution in [3.8, 4) is 0 Å². The maximum atomic E-state index is 13.1. The van der Waals surface area contributed by atoms with E-state index in [0.717, 1.165) is 0 Å². The Kier molecular flexibility index (Phi) is 5.75. The van der Waals surface area contributed by atoms with Crippen molar-refractivity contribution in [3.05, 3.63) is 54.1 Å². The normalized spacial score (nSPS) is 20.0. The summed E-state index contributed by atoms with van der Waals surface area (Å²) < 4.78 is 25.0. The van der Waals surface area contributed by atoms with Crippen LogP contribution in [-0.4, -0.2) is 62.6 Å². The van der Waals surface area contributed by atoms with Crippen LogP contribution in [0.5, 0.6) is 0 Å². The monoisotopic (exact) mass is 455 g/mol. The van der Waals surface area contributed by atoms with Crippen molar-refractivity contribution in [1.82, 2.24) is 4.90 Å². The summed E-state index contributed by atoms with van der Waals surface area (Å²) in [6, 6.07) is 14.6. The molecule has 2 amide bonds. The Morgan fingerprint density at radius 1 is 0.938 bits per heavy atom. The lowest BCUT2D eigenvalue weighted by Crippen LogP contribution is -2.52. The van der Waals surface area contributed by atoms with Gasteiger partial charge < -0.3 is 14.7 Å². The van der Waals surface area contributed by atoms with Crippen LogP contribution in [0.1, 0.15) is 25.8 Å². The quantitative estimate of drug-likeness (QED) is 0.711. The van der Waals surface area contributed by atoms with E-state index >= 15 is 0 Å². The van der Waals surface area contributed by atoms with Gasteiger partial charge in [0.15, 0.2) is 9.84 Å². The molecule has 2 heterocycles. The molecule has 1 saturated heterocycles. The summed E-state index contributed by atoms with van der Waals surface area (Å²) in [7, 11) is -3.72. The number of sulfone groups is 1. The third-order valence-electron chi connectivity index (χ3n) is 6.43. The number of hydrogen-bond acceptors (Lipinski definition) is 5. The summed E-state index contributed by atoms with van der Waals surface area (Å²) >= 11 is 0. The smallest absolute Gasteiger partial charge is 0.242 e. The summed E-state index contributed by atoms with van der Waals surface area (Å²) in [6.45, 7) is 7.57. The number of para-hydroxylation sites is 2. The molecule has 0 radical (unpaired) electrons. The summed E-state index contributed by atoms with van der Waals surface area (Å²) in [5.41, 5.74) is 2.65. The van der Waals surface area contributed by atoms with Crippen LogP contribution >= 0.6 is 0 Å². The van der Waals surface area contributed by atoms with Gasteiger partial charge in [-0.25, -0.2) is 8.42 Å². The molecule has 0 saturated carbocycles. The van der Waals surface area contributed by atoms with Crippen molar-refractivity contribution in [3.63, 3.8) is 0 Å². The molecule has 2 aromatic carbocycles. The molecule has 0 unspecified atom stereocenters. The van der Waals surface area contributed by atoms with Crippen molar-refractivity contribution in [1.29, 1.82) is 0 Å². The molecule has 170 valence electrons. The van der Waals surface area contributed by atoms with Gasteiger partial charge in [-0.15, -0.1) is 0 Å². The number of nitrogens with zero attached hydrogens (tertiary/aromatic N) is 3. The molecule has 2 aliphatic heterocycles. The average Bonchev–Trinajstić information content (AvgIpc) is 2.82. The fourth-order valence-corrected chi connectivity index (χ4v) is 6.04. The minimum atomic E-state index is -3.72. The molecule has 2 aromatic rings. The number of hydrogen-bond donors (Lipinski definition) is 0. The minimum absolute atomic E-state index is 0.105. The molecule has 0 aromatic heterocycles. The van der Waals surface area contributed by atoms with Gasteiger partial charge in [0.1, 0.15) is 6.54 Å². The second kappa shape index (κ2) is 8.24. The number of amides is 2. The zero-order valence-electron chi connectivity index (χ0n) is 18.7. The maximum Gasteiger partial charge on any atom is 0.242 e. The van der Waals surface area contributed by atoms with Crippen LogP contribution in [0.3, 0.4) is 0 Å². The number of anilines is 2. The zero-order chi connectivity index (χ0) is 23.1. The lowest BCUT2D eigenvalue weighted by molar-refractivity contribution is -0.131. The average molecular weight is 456 g/mol. The van der Waals surface area contributed by atoms with Crippen LogP contribution in [-0.2, 0) is 19.4 Å². The van der Waals surface area contributed by atoms with Gasteiger partial charge in [-0.2, -0.15) is 0 Å². The summed E-state index contributed by atoms with van der Waals surface area (Å²) in [5, 5.41) is 0. The Morgan fingerprint density at radius 3 is 2.19 bits per heavy atom. The molecule has 0 spiro atoms. The number of benzene rings is 2. The highest BCUT2D eigenvalue weighted by Gasteiger charge is 2.44. The number of fused-ring (bicyclic) bond motifs is 1. The first-order valence-corrected chi connectivity index (χ1v) is 12.3. The first-order chi connectivity index (χ1) is 15.1. The third kappa shape index (κ3) is 3.88. The predicted octanol–water partition coefficient (Wildman–Crippen LogP) is 2.63. The standard InChI is InChI=1S/C24H29N3O4S/c1-18-8-4-5-9-19(18)25-12-14-26(15-13-25)23(29)17-27-20-10-6-7-11-21(20)32(30,31)24(2,3)16-22(27)28/h4-11H,12-17H2,1-3H3. The summed E-state index contributed by atoms with van der Waals surface area (Å²) in [6.07, 6.45) is -0.168. The molecule has 0 atom stereocenters. The first-order valence-electron chi connectivity index (χ1n) is 10.8. The van der Waals surface area contributed by atoms with Crippen LogP contribution in [0.2, 0.25) is 0 Å². The molecule has 32 heavy (non-hydrogen) atoms. The van der Waals surface area contributed by atoms with Crippen molar-refractivity contribution < 1.29 is 18.0 Å². The van der Waals surface area contributed by atoms with E-state index in [9.17, 15) is 18.0 Å². The lowest BCUT2D eigenvalue weighted by atomic mass is 10.1. The van der Waals surface area contributed by atoms with Gasteiger partial charge in [0, 0.05) is 38.3 Å². The summed E-state index contributed by atoms with van der Waals surface area (Å²) in [5.74, 6) is -0.523. The van der Waals surface area contributed by atoms with Crippen molar-refractivity contribution in [2.75, 3.05) is 42.5 Å². The Bertz CT molecular complexity index is 1150. The van der Waals surface area contributed by atoms with Crippen LogP contribution < -0.4 is 9.80 Å². The van der Waals surface area contributed by atoms with E-state index in [-0.39, 0.29) is 35.4 Å². The molecule has 7 nitrogen and oxygen atoms in total. The molecule has 0 N–H and O–H groups in total. The van der Waals surface area contributed by atoms with Crippen LogP contribution in [0.15, 0.2) is 53.4 Å². The molecule has 0 bridgehead atoms. The topological polar surface area (TPSA) is 78.0 Å². The Balaban J connectivity index is 1.52. The van der Waals surface area contributed by atoms with E-state index in [1.54, 1.807) is 36.9 Å². The molecule has 1 fully saturated rings. The van der Waals surface area contributed by atoms with Gasteiger partial charge in [-0.3, -0.25) is 9.59 Å². The van der Waals surface area contributed by atoms with Gasteiger partial charge in [-0.1, -0.05) is 30.3 Å². The minimum Gasteiger partial charge on any atom is -0.368 e. The largest absolute Gasteiger partial charge is 0.368 e. The van der Waals surface area contributed by atoms with Gasteiger partial charge >= 0.3 is 0 Å². The molecule has 4 rings (SSSR count). The van der Waals surface area contributed by atoms with E-state index in [0.29, 0.717) is 26.2 Å². The number of carbonyl (C=O) groups is 2. The second-order valence-corrected chi connectivity index (χ2v) is 11.6. The highest BCUT2D eigenvalue weighted by Crippen LogP contribution is 2.38. The predicted molar refractivity (Wildman–Crippen MR) is 125 cm³/mol. The van der Waals surface area contributed by atoms with Gasteiger partial charge in [0.25, 0.3) is 0 Å². The zero-order valence-corrected chi connectivity index (χ0v) is 19.6. The molecular formula is C24H29N3O4S. The third-order valence-corrected chi connectivity index (χ3v) is 8.96. The van der Waals surface area contributed by atoms with Gasteiger partial charge in [-0.05, 0) is 44.5 Å². The maximum absolute atomic E-state index is 13.1. The van der Waals surface area contributed by atoms with E-state index < -0.39 is 14.6 Å². The van der Waals surface area contributed by atoms with E-state index in [1.165, 1.54) is 22.2 Å². The lowest BCUT2D eigenvalue weighted by Gasteiger charge is -2.37. The van der Waals surface area contributed by atoms with E-state index in [1.807, 2.05) is 12.1 Å². The molecular weight excluding hydrogens is 426 g/mol. The molecule has 0 aliphatic carbocycles. The number of carbonyl (C=O) groups excluding carboxylic acids is 2. The number of piperazine rings is 1. The fraction of sp³-hybridized carbons (Fsp3) is 0.417. The highest BCUT2D eigenvalue weighted by molar-refractivity contribution is 7.93. The highest BCUT2D eigenvalue weighted by atomic mass is 32.2. The Labute approximate surface area is 189 Å².